The molecule has 2 rings (SSSR count). The van der Waals surface area contributed by atoms with Gasteiger partial charge in [0.25, 0.3) is 5.91 Å². The molecule has 24 heavy (non-hydrogen) atoms. The first-order valence-corrected chi connectivity index (χ1v) is 8.50. The number of nitrogens with one attached hydrogen (secondary N) is 1. The van der Waals surface area contributed by atoms with Crippen LogP contribution in [-0.2, 0) is 0 Å². The van der Waals surface area contributed by atoms with Gasteiger partial charge in [-0.3, -0.25) is 4.79 Å². The van der Waals surface area contributed by atoms with Gasteiger partial charge in [-0.15, -0.1) is 0 Å². The number of nitrogens with zero attached hydrogens (tertiary/aromatic N) is 2. The number of amides is 1. The Morgan fingerprint density at radius 2 is 2.08 bits per heavy atom. The molecule has 0 radical (unpaired) electrons. The van der Waals surface area contributed by atoms with Gasteiger partial charge in [0.1, 0.15) is 5.56 Å². The molecule has 0 saturated heterocycles. The number of benzene rings is 1. The molecule has 0 aliphatic rings. The fraction of sp³-hybridized carbons (Fsp3) is 0.474. The van der Waals surface area contributed by atoms with Crippen LogP contribution in [-0.4, -0.2) is 30.7 Å². The summed E-state index contributed by atoms with van der Waals surface area (Å²) in [7, 11) is 0. The maximum Gasteiger partial charge on any atom is 0.256 e. The van der Waals surface area contributed by atoms with Crippen LogP contribution in [0.2, 0.25) is 0 Å². The van der Waals surface area contributed by atoms with Gasteiger partial charge >= 0.3 is 0 Å². The topological polar surface area (TPSA) is 58.4 Å². The van der Waals surface area contributed by atoms with E-state index >= 15 is 0 Å². The van der Waals surface area contributed by atoms with Crippen molar-refractivity contribution >= 4 is 11.6 Å². The van der Waals surface area contributed by atoms with Gasteiger partial charge in [0.05, 0.1) is 5.69 Å². The SMILES string of the molecule is CCN(CCNC(=O)c1c(C)noc1C(C)C)c1cccc(C)c1. The summed E-state index contributed by atoms with van der Waals surface area (Å²) in [6.45, 7) is 12.2. The van der Waals surface area contributed by atoms with Crippen molar-refractivity contribution in [3.8, 4) is 0 Å². The van der Waals surface area contributed by atoms with E-state index in [2.05, 4.69) is 53.5 Å². The summed E-state index contributed by atoms with van der Waals surface area (Å²) in [6, 6.07) is 8.40. The number of rotatable bonds is 7. The molecule has 0 saturated carbocycles. The van der Waals surface area contributed by atoms with Gasteiger partial charge in [-0.25, -0.2) is 0 Å². The highest BCUT2D eigenvalue weighted by Crippen LogP contribution is 2.22. The van der Waals surface area contributed by atoms with Crippen LogP contribution in [0.25, 0.3) is 0 Å². The second-order valence-corrected chi connectivity index (χ2v) is 6.34. The number of likely N-dealkylation sites (N-methyl/N-ethyl adjacent to an activating group) is 1. The molecule has 1 N–H and O–H groups in total. The van der Waals surface area contributed by atoms with Crippen molar-refractivity contribution in [1.29, 1.82) is 0 Å². The molecule has 0 unspecified atom stereocenters. The van der Waals surface area contributed by atoms with Crippen molar-refractivity contribution in [2.75, 3.05) is 24.5 Å². The molecule has 1 heterocycles. The predicted octanol–water partition coefficient (Wildman–Crippen LogP) is 3.67. The summed E-state index contributed by atoms with van der Waals surface area (Å²) in [6.07, 6.45) is 0. The summed E-state index contributed by atoms with van der Waals surface area (Å²) < 4.78 is 5.29. The summed E-state index contributed by atoms with van der Waals surface area (Å²) in [5, 5.41) is 6.92. The number of aryl methyl sites for hydroxylation is 2. The zero-order valence-electron chi connectivity index (χ0n) is 15.2. The van der Waals surface area contributed by atoms with E-state index in [0.29, 0.717) is 23.6 Å². The molecule has 130 valence electrons. The van der Waals surface area contributed by atoms with Gasteiger partial charge in [0, 0.05) is 31.2 Å². The van der Waals surface area contributed by atoms with E-state index in [1.165, 1.54) is 11.3 Å². The number of carbonyl (C=O) groups excluding carboxylic acids is 1. The highest BCUT2D eigenvalue weighted by Gasteiger charge is 2.22. The molecular formula is C19H27N3O2. The normalized spacial score (nSPS) is 10.9. The van der Waals surface area contributed by atoms with Gasteiger partial charge in [-0.2, -0.15) is 0 Å². The molecule has 5 nitrogen and oxygen atoms in total. The van der Waals surface area contributed by atoms with Crippen LogP contribution >= 0.6 is 0 Å². The lowest BCUT2D eigenvalue weighted by atomic mass is 10.0. The molecule has 0 atom stereocenters. The number of carbonyl (C=O) groups is 1. The first kappa shape index (κ1) is 18.0. The third kappa shape index (κ3) is 4.16. The van der Waals surface area contributed by atoms with Crippen LogP contribution in [0, 0.1) is 13.8 Å². The lowest BCUT2D eigenvalue weighted by Gasteiger charge is -2.23. The third-order valence-electron chi connectivity index (χ3n) is 4.06. The van der Waals surface area contributed by atoms with E-state index < -0.39 is 0 Å². The fourth-order valence-electron chi connectivity index (χ4n) is 2.74. The van der Waals surface area contributed by atoms with E-state index in [-0.39, 0.29) is 11.8 Å². The number of anilines is 1. The van der Waals surface area contributed by atoms with Crippen LogP contribution in [0.15, 0.2) is 28.8 Å². The number of hydrogen-bond acceptors (Lipinski definition) is 4. The Hall–Kier alpha value is -2.30. The van der Waals surface area contributed by atoms with Gasteiger partial charge in [-0.1, -0.05) is 31.1 Å². The molecule has 5 heteroatoms. The highest BCUT2D eigenvalue weighted by atomic mass is 16.5. The minimum Gasteiger partial charge on any atom is -0.370 e. The Kier molecular flexibility index (Phi) is 6.01. The monoisotopic (exact) mass is 329 g/mol. The van der Waals surface area contributed by atoms with Crippen LogP contribution in [0.4, 0.5) is 5.69 Å². The van der Waals surface area contributed by atoms with E-state index in [0.717, 1.165) is 13.1 Å². The standard InChI is InChI=1S/C19H27N3O2/c1-6-22(16-9-7-8-14(4)12-16)11-10-20-19(23)17-15(5)21-24-18(17)13(2)3/h7-9,12-13H,6,10-11H2,1-5H3,(H,20,23). The molecule has 0 bridgehead atoms. The summed E-state index contributed by atoms with van der Waals surface area (Å²) in [5.41, 5.74) is 3.62. The summed E-state index contributed by atoms with van der Waals surface area (Å²) >= 11 is 0. The Morgan fingerprint density at radius 1 is 1.33 bits per heavy atom. The molecule has 1 aromatic heterocycles. The Labute approximate surface area is 144 Å². The van der Waals surface area contributed by atoms with E-state index in [1.807, 2.05) is 13.8 Å². The smallest absolute Gasteiger partial charge is 0.256 e. The molecule has 2 aromatic rings. The van der Waals surface area contributed by atoms with E-state index in [4.69, 9.17) is 4.52 Å². The molecule has 1 amide bonds. The fourth-order valence-corrected chi connectivity index (χ4v) is 2.74. The maximum absolute atomic E-state index is 12.5. The zero-order valence-corrected chi connectivity index (χ0v) is 15.2. The Morgan fingerprint density at radius 3 is 2.71 bits per heavy atom. The molecule has 0 spiro atoms. The minimum absolute atomic E-state index is 0.113. The van der Waals surface area contributed by atoms with Crippen LogP contribution in [0.1, 0.15) is 54.1 Å². The van der Waals surface area contributed by atoms with Crippen molar-refractivity contribution in [2.24, 2.45) is 0 Å². The average molecular weight is 329 g/mol. The Balaban J connectivity index is 1.98. The molecular weight excluding hydrogens is 302 g/mol. The second kappa shape index (κ2) is 7.99. The van der Waals surface area contributed by atoms with Crippen molar-refractivity contribution in [3.05, 3.63) is 46.8 Å². The second-order valence-electron chi connectivity index (χ2n) is 6.34. The Bertz CT molecular complexity index is 692. The zero-order chi connectivity index (χ0) is 17.7. The van der Waals surface area contributed by atoms with Crippen LogP contribution in [0.5, 0.6) is 0 Å². The van der Waals surface area contributed by atoms with Crippen LogP contribution < -0.4 is 10.2 Å². The molecule has 0 aliphatic heterocycles. The minimum atomic E-state index is -0.113. The van der Waals surface area contributed by atoms with Gasteiger partial charge in [0.2, 0.25) is 0 Å². The molecule has 1 aromatic carbocycles. The van der Waals surface area contributed by atoms with E-state index in [1.54, 1.807) is 6.92 Å². The van der Waals surface area contributed by atoms with Crippen LogP contribution in [0.3, 0.4) is 0 Å². The van der Waals surface area contributed by atoms with Crippen molar-refractivity contribution < 1.29 is 9.32 Å². The number of aromatic nitrogens is 1. The van der Waals surface area contributed by atoms with Crippen molar-refractivity contribution in [3.63, 3.8) is 0 Å². The van der Waals surface area contributed by atoms with Gasteiger partial charge in [0.15, 0.2) is 5.76 Å². The first-order valence-electron chi connectivity index (χ1n) is 8.50. The lowest BCUT2D eigenvalue weighted by molar-refractivity contribution is 0.0951. The first-order chi connectivity index (χ1) is 11.4. The van der Waals surface area contributed by atoms with Gasteiger partial charge < -0.3 is 14.7 Å². The van der Waals surface area contributed by atoms with Gasteiger partial charge in [-0.05, 0) is 38.5 Å². The van der Waals surface area contributed by atoms with Crippen molar-refractivity contribution in [1.82, 2.24) is 10.5 Å². The predicted molar refractivity (Wildman–Crippen MR) is 96.7 cm³/mol. The molecule has 0 aliphatic carbocycles. The number of hydrogen-bond donors (Lipinski definition) is 1. The third-order valence-corrected chi connectivity index (χ3v) is 4.06. The maximum atomic E-state index is 12.5. The average Bonchev–Trinajstić information content (AvgIpc) is 2.93. The largest absolute Gasteiger partial charge is 0.370 e. The van der Waals surface area contributed by atoms with Crippen molar-refractivity contribution in [2.45, 2.75) is 40.5 Å². The summed E-state index contributed by atoms with van der Waals surface area (Å²) in [5.74, 6) is 0.667. The summed E-state index contributed by atoms with van der Waals surface area (Å²) in [4.78, 5) is 14.7. The lowest BCUT2D eigenvalue weighted by Crippen LogP contribution is -2.35. The molecule has 0 fully saturated rings. The quantitative estimate of drug-likeness (QED) is 0.842. The van der Waals surface area contributed by atoms with E-state index in [9.17, 15) is 4.79 Å². The highest BCUT2D eigenvalue weighted by molar-refractivity contribution is 5.96.